The summed E-state index contributed by atoms with van der Waals surface area (Å²) in [5, 5.41) is 7.05. The fourth-order valence-corrected chi connectivity index (χ4v) is 2.99. The van der Waals surface area contributed by atoms with Crippen LogP contribution in [0.2, 0.25) is 0 Å². The van der Waals surface area contributed by atoms with E-state index in [0.717, 1.165) is 0 Å². The molecule has 0 fully saturated rings. The average molecular weight is 446 g/mol. The minimum absolute atomic E-state index is 0.196. The van der Waals surface area contributed by atoms with Gasteiger partial charge in [0.05, 0.1) is 24.9 Å². The van der Waals surface area contributed by atoms with Crippen LogP contribution < -0.4 is 15.6 Å². The van der Waals surface area contributed by atoms with Gasteiger partial charge in [-0.15, -0.1) is 0 Å². The molecule has 6 nitrogen and oxygen atoms in total. The number of carbonyl (C=O) groups is 1. The van der Waals surface area contributed by atoms with E-state index in [1.807, 2.05) is 0 Å². The van der Waals surface area contributed by atoms with Crippen molar-refractivity contribution >= 4 is 21.8 Å². The molecule has 144 valence electrons. The zero-order valence-electron chi connectivity index (χ0n) is 15.0. The van der Waals surface area contributed by atoms with Crippen molar-refractivity contribution in [1.29, 1.82) is 0 Å². The third kappa shape index (κ3) is 4.64. The molecule has 0 spiro atoms. The molecular formula is C20H17BrFN3O3. The maximum absolute atomic E-state index is 13.1. The van der Waals surface area contributed by atoms with Gasteiger partial charge < -0.3 is 10.1 Å². The highest BCUT2D eigenvalue weighted by Gasteiger charge is 2.11. The molecule has 28 heavy (non-hydrogen) atoms. The van der Waals surface area contributed by atoms with Crippen LogP contribution in [0.15, 0.2) is 63.9 Å². The number of methoxy groups -OCH3 is 1. The largest absolute Gasteiger partial charge is 0.497 e. The Morgan fingerprint density at radius 3 is 2.64 bits per heavy atom. The van der Waals surface area contributed by atoms with Crippen LogP contribution in [0.5, 0.6) is 5.75 Å². The molecule has 0 atom stereocenters. The number of aromatic nitrogens is 2. The number of hydrogen-bond acceptors (Lipinski definition) is 4. The minimum atomic E-state index is -0.344. The van der Waals surface area contributed by atoms with Crippen LogP contribution in [0.25, 0.3) is 11.3 Å². The monoisotopic (exact) mass is 445 g/mol. The standard InChI is InChI=1S/C20H17BrFN3O3/c1-28-15-6-7-17(21)16(12-15)20(27)23-10-11-25-19(26)9-8-18(24-25)13-2-4-14(22)5-3-13/h2-9,12H,10-11H2,1H3,(H,23,27). The third-order valence-corrected chi connectivity index (χ3v) is 4.73. The summed E-state index contributed by atoms with van der Waals surface area (Å²) in [5.74, 6) is -0.0739. The molecule has 8 heteroatoms. The van der Waals surface area contributed by atoms with Gasteiger partial charge in [0, 0.05) is 22.6 Å². The zero-order chi connectivity index (χ0) is 20.1. The maximum Gasteiger partial charge on any atom is 0.266 e. The Kier molecular flexibility index (Phi) is 6.20. The quantitative estimate of drug-likeness (QED) is 0.631. The van der Waals surface area contributed by atoms with Gasteiger partial charge >= 0.3 is 0 Å². The van der Waals surface area contributed by atoms with Gasteiger partial charge in [0.1, 0.15) is 11.6 Å². The van der Waals surface area contributed by atoms with E-state index in [-0.39, 0.29) is 30.4 Å². The van der Waals surface area contributed by atoms with Crippen molar-refractivity contribution in [2.75, 3.05) is 13.7 Å². The third-order valence-electron chi connectivity index (χ3n) is 4.03. The average Bonchev–Trinajstić information content (AvgIpc) is 2.70. The summed E-state index contributed by atoms with van der Waals surface area (Å²) in [6, 6.07) is 13.9. The Morgan fingerprint density at radius 2 is 1.93 bits per heavy atom. The molecule has 0 unspecified atom stereocenters. The number of nitrogens with zero attached hydrogens (tertiary/aromatic N) is 2. The second-order valence-electron chi connectivity index (χ2n) is 5.89. The number of ether oxygens (including phenoxy) is 1. The molecule has 2 aromatic carbocycles. The maximum atomic E-state index is 13.1. The van der Waals surface area contributed by atoms with Gasteiger partial charge in [-0.05, 0) is 64.5 Å². The van der Waals surface area contributed by atoms with Crippen molar-refractivity contribution in [3.8, 4) is 17.0 Å². The number of halogens is 2. The summed E-state index contributed by atoms with van der Waals surface area (Å²) in [6.07, 6.45) is 0. The van der Waals surface area contributed by atoms with Crippen LogP contribution in [-0.2, 0) is 6.54 Å². The van der Waals surface area contributed by atoms with Crippen LogP contribution in [0.4, 0.5) is 4.39 Å². The van der Waals surface area contributed by atoms with Crippen molar-refractivity contribution in [2.24, 2.45) is 0 Å². The van der Waals surface area contributed by atoms with E-state index in [1.165, 1.54) is 30.0 Å². The van der Waals surface area contributed by atoms with E-state index in [2.05, 4.69) is 26.3 Å². The summed E-state index contributed by atoms with van der Waals surface area (Å²) >= 11 is 3.34. The van der Waals surface area contributed by atoms with Gasteiger partial charge in [0.25, 0.3) is 11.5 Å². The first-order valence-electron chi connectivity index (χ1n) is 8.44. The number of rotatable bonds is 6. The summed E-state index contributed by atoms with van der Waals surface area (Å²) in [6.45, 7) is 0.406. The zero-order valence-corrected chi connectivity index (χ0v) is 16.6. The molecule has 1 amide bonds. The second kappa shape index (κ2) is 8.79. The normalized spacial score (nSPS) is 10.5. The number of benzene rings is 2. The Balaban J connectivity index is 1.69. The van der Waals surface area contributed by atoms with Crippen LogP contribution in [0.1, 0.15) is 10.4 Å². The summed E-state index contributed by atoms with van der Waals surface area (Å²) in [7, 11) is 1.52. The van der Waals surface area contributed by atoms with Gasteiger partial charge in [0.2, 0.25) is 0 Å². The molecule has 1 heterocycles. The molecule has 3 aromatic rings. The number of amides is 1. The van der Waals surface area contributed by atoms with E-state index in [1.54, 1.807) is 36.4 Å². The molecule has 0 saturated carbocycles. The highest BCUT2D eigenvalue weighted by molar-refractivity contribution is 9.10. The van der Waals surface area contributed by atoms with Gasteiger partial charge in [-0.1, -0.05) is 0 Å². The molecule has 0 aliphatic rings. The molecule has 0 radical (unpaired) electrons. The molecule has 1 aromatic heterocycles. The number of hydrogen-bond donors (Lipinski definition) is 1. The summed E-state index contributed by atoms with van der Waals surface area (Å²) < 4.78 is 20.1. The lowest BCUT2D eigenvalue weighted by Gasteiger charge is -2.10. The van der Waals surface area contributed by atoms with Crippen molar-refractivity contribution in [1.82, 2.24) is 15.1 Å². The van der Waals surface area contributed by atoms with E-state index < -0.39 is 0 Å². The Labute approximate surface area is 169 Å². The lowest BCUT2D eigenvalue weighted by Crippen LogP contribution is -2.32. The van der Waals surface area contributed by atoms with E-state index in [0.29, 0.717) is 27.0 Å². The first-order chi connectivity index (χ1) is 13.5. The summed E-state index contributed by atoms with van der Waals surface area (Å²) in [4.78, 5) is 24.4. The molecule has 0 bridgehead atoms. The molecular weight excluding hydrogens is 429 g/mol. The second-order valence-corrected chi connectivity index (χ2v) is 6.74. The number of nitrogens with one attached hydrogen (secondary N) is 1. The van der Waals surface area contributed by atoms with Crippen molar-refractivity contribution < 1.29 is 13.9 Å². The molecule has 0 aliphatic heterocycles. The predicted molar refractivity (Wildman–Crippen MR) is 107 cm³/mol. The summed E-state index contributed by atoms with van der Waals surface area (Å²) in [5.41, 5.74) is 1.38. The van der Waals surface area contributed by atoms with Crippen molar-refractivity contribution in [2.45, 2.75) is 6.54 Å². The number of carbonyl (C=O) groups excluding carboxylic acids is 1. The fourth-order valence-electron chi connectivity index (χ4n) is 2.56. The van der Waals surface area contributed by atoms with E-state index in [4.69, 9.17) is 4.74 Å². The first-order valence-corrected chi connectivity index (χ1v) is 9.23. The van der Waals surface area contributed by atoms with Crippen molar-refractivity contribution in [3.05, 3.63) is 80.8 Å². The van der Waals surface area contributed by atoms with Gasteiger partial charge in [-0.3, -0.25) is 9.59 Å². The highest BCUT2D eigenvalue weighted by atomic mass is 79.9. The SMILES string of the molecule is COc1ccc(Br)c(C(=O)NCCn2nc(-c3ccc(F)cc3)ccc2=O)c1. The lowest BCUT2D eigenvalue weighted by molar-refractivity contribution is 0.0950. The molecule has 3 rings (SSSR count). The highest BCUT2D eigenvalue weighted by Crippen LogP contribution is 2.22. The molecule has 0 saturated heterocycles. The first kappa shape index (κ1) is 19.8. The topological polar surface area (TPSA) is 73.2 Å². The van der Waals surface area contributed by atoms with Crippen molar-refractivity contribution in [3.63, 3.8) is 0 Å². The lowest BCUT2D eigenvalue weighted by atomic mass is 10.1. The Bertz CT molecular complexity index is 1050. The molecule has 0 aliphatic carbocycles. The van der Waals surface area contributed by atoms with Gasteiger partial charge in [-0.2, -0.15) is 5.10 Å². The smallest absolute Gasteiger partial charge is 0.266 e. The molecule has 1 N–H and O–H groups in total. The Morgan fingerprint density at radius 1 is 1.18 bits per heavy atom. The fraction of sp³-hybridized carbons (Fsp3) is 0.150. The van der Waals surface area contributed by atoms with Crippen LogP contribution in [0, 0.1) is 5.82 Å². The van der Waals surface area contributed by atoms with E-state index >= 15 is 0 Å². The van der Waals surface area contributed by atoms with E-state index in [9.17, 15) is 14.0 Å². The van der Waals surface area contributed by atoms with Gasteiger partial charge in [0.15, 0.2) is 0 Å². The van der Waals surface area contributed by atoms with Gasteiger partial charge in [-0.25, -0.2) is 9.07 Å². The van der Waals surface area contributed by atoms with Crippen LogP contribution >= 0.6 is 15.9 Å². The minimum Gasteiger partial charge on any atom is -0.497 e. The predicted octanol–water partition coefficient (Wildman–Crippen LogP) is 3.25. The van der Waals surface area contributed by atoms with Crippen LogP contribution in [0.3, 0.4) is 0 Å². The van der Waals surface area contributed by atoms with Crippen LogP contribution in [-0.4, -0.2) is 29.3 Å². The Hall–Kier alpha value is -3.00.